The molecule has 0 heterocycles. The standard InChI is InChI=1S/C18H19F2N3O4/c1-25-14-8-6-13(7-9-14)21-11-16(24)23-22-10-12-4-3-5-15(26-2)17(12)27-18(19)20/h3-10,18,21H,11H2,1-2H3,(H,23,24)/b22-10-. The van der Waals surface area contributed by atoms with Crippen LogP contribution in [0.2, 0.25) is 0 Å². The van der Waals surface area contributed by atoms with Gasteiger partial charge in [-0.25, -0.2) is 5.43 Å². The van der Waals surface area contributed by atoms with Gasteiger partial charge in [0.25, 0.3) is 5.91 Å². The molecule has 144 valence electrons. The Hall–Kier alpha value is -3.36. The summed E-state index contributed by atoms with van der Waals surface area (Å²) >= 11 is 0. The number of nitrogens with zero attached hydrogens (tertiary/aromatic N) is 1. The predicted molar refractivity (Wildman–Crippen MR) is 96.8 cm³/mol. The molecule has 0 fully saturated rings. The second-order valence-corrected chi connectivity index (χ2v) is 5.13. The molecule has 2 aromatic rings. The maximum atomic E-state index is 12.6. The van der Waals surface area contributed by atoms with Crippen molar-refractivity contribution in [3.05, 3.63) is 48.0 Å². The molecular formula is C18H19F2N3O4. The molecule has 0 unspecified atom stereocenters. The molecule has 0 aliphatic carbocycles. The van der Waals surface area contributed by atoms with Crippen molar-refractivity contribution in [1.82, 2.24) is 5.43 Å². The first-order valence-corrected chi connectivity index (χ1v) is 7.85. The van der Waals surface area contributed by atoms with E-state index in [1.807, 2.05) is 0 Å². The number of carbonyl (C=O) groups is 1. The maximum absolute atomic E-state index is 12.6. The Balaban J connectivity index is 1.93. The number of alkyl halides is 2. The molecule has 27 heavy (non-hydrogen) atoms. The summed E-state index contributed by atoms with van der Waals surface area (Å²) < 4.78 is 39.6. The van der Waals surface area contributed by atoms with E-state index in [1.54, 1.807) is 37.4 Å². The largest absolute Gasteiger partial charge is 0.497 e. The first-order valence-electron chi connectivity index (χ1n) is 7.85. The van der Waals surface area contributed by atoms with Crippen LogP contribution in [0.5, 0.6) is 17.2 Å². The highest BCUT2D eigenvalue weighted by atomic mass is 19.3. The first-order chi connectivity index (χ1) is 13.0. The number of amides is 1. The van der Waals surface area contributed by atoms with E-state index in [4.69, 9.17) is 9.47 Å². The minimum absolute atomic E-state index is 0.0256. The van der Waals surface area contributed by atoms with E-state index in [0.717, 1.165) is 5.69 Å². The molecule has 0 atom stereocenters. The number of hydrogen-bond donors (Lipinski definition) is 2. The quantitative estimate of drug-likeness (QED) is 0.517. The van der Waals surface area contributed by atoms with E-state index in [2.05, 4.69) is 20.6 Å². The molecule has 0 saturated carbocycles. The molecule has 0 spiro atoms. The van der Waals surface area contributed by atoms with Gasteiger partial charge < -0.3 is 19.5 Å². The van der Waals surface area contributed by atoms with Crippen molar-refractivity contribution in [3.8, 4) is 17.2 Å². The van der Waals surface area contributed by atoms with Gasteiger partial charge in [0, 0.05) is 11.3 Å². The zero-order chi connectivity index (χ0) is 19.6. The van der Waals surface area contributed by atoms with Crippen LogP contribution in [0.1, 0.15) is 5.56 Å². The van der Waals surface area contributed by atoms with Gasteiger partial charge in [0.1, 0.15) is 5.75 Å². The van der Waals surface area contributed by atoms with Gasteiger partial charge in [0.05, 0.1) is 27.0 Å². The molecule has 9 heteroatoms. The third-order valence-electron chi connectivity index (χ3n) is 3.37. The normalized spacial score (nSPS) is 10.7. The lowest BCUT2D eigenvalue weighted by Gasteiger charge is -2.12. The van der Waals surface area contributed by atoms with Crippen LogP contribution in [0.25, 0.3) is 0 Å². The van der Waals surface area contributed by atoms with Gasteiger partial charge in [-0.1, -0.05) is 6.07 Å². The van der Waals surface area contributed by atoms with Crippen LogP contribution in [-0.2, 0) is 4.79 Å². The number of nitrogens with one attached hydrogen (secondary N) is 2. The van der Waals surface area contributed by atoms with Crippen LogP contribution in [0.4, 0.5) is 14.5 Å². The van der Waals surface area contributed by atoms with Crippen molar-refractivity contribution in [2.24, 2.45) is 5.10 Å². The van der Waals surface area contributed by atoms with Crippen molar-refractivity contribution in [3.63, 3.8) is 0 Å². The summed E-state index contributed by atoms with van der Waals surface area (Å²) in [5.74, 6) is 0.257. The Kier molecular flexibility index (Phi) is 7.36. The summed E-state index contributed by atoms with van der Waals surface area (Å²) in [6.45, 7) is -3.04. The number of anilines is 1. The monoisotopic (exact) mass is 379 g/mol. The molecule has 2 rings (SSSR count). The SMILES string of the molecule is COc1ccc(NCC(=O)N/N=C\c2cccc(OC)c2OC(F)F)cc1. The number of carbonyl (C=O) groups excluding carboxylic acids is 1. The van der Waals surface area contributed by atoms with Gasteiger partial charge in [0.2, 0.25) is 0 Å². The smallest absolute Gasteiger partial charge is 0.387 e. The Bertz CT molecular complexity index is 783. The third kappa shape index (κ3) is 6.14. The molecule has 2 aromatic carbocycles. The van der Waals surface area contributed by atoms with E-state index in [9.17, 15) is 13.6 Å². The minimum atomic E-state index is -3.02. The lowest BCUT2D eigenvalue weighted by atomic mass is 10.2. The number of halogens is 2. The summed E-state index contributed by atoms with van der Waals surface area (Å²) in [5.41, 5.74) is 3.27. The molecule has 1 amide bonds. The van der Waals surface area contributed by atoms with E-state index >= 15 is 0 Å². The van der Waals surface area contributed by atoms with Gasteiger partial charge in [-0.3, -0.25) is 4.79 Å². The Labute approximate surface area is 154 Å². The second kappa shape index (κ2) is 9.95. The van der Waals surface area contributed by atoms with Crippen molar-refractivity contribution >= 4 is 17.8 Å². The molecule has 0 aliphatic heterocycles. The van der Waals surface area contributed by atoms with Crippen LogP contribution in [-0.4, -0.2) is 39.5 Å². The molecular weight excluding hydrogens is 360 g/mol. The number of hydrazone groups is 1. The Morgan fingerprint density at radius 1 is 1.15 bits per heavy atom. The number of ether oxygens (including phenoxy) is 3. The summed E-state index contributed by atoms with van der Waals surface area (Å²) in [5, 5.41) is 6.67. The summed E-state index contributed by atoms with van der Waals surface area (Å²) in [6.07, 6.45) is 1.20. The van der Waals surface area contributed by atoms with Crippen molar-refractivity contribution in [1.29, 1.82) is 0 Å². The number of rotatable bonds is 9. The van der Waals surface area contributed by atoms with E-state index in [1.165, 1.54) is 25.5 Å². The van der Waals surface area contributed by atoms with Crippen molar-refractivity contribution in [2.45, 2.75) is 6.61 Å². The molecule has 0 saturated heterocycles. The van der Waals surface area contributed by atoms with Crippen LogP contribution in [0.15, 0.2) is 47.6 Å². The number of benzene rings is 2. The van der Waals surface area contributed by atoms with Crippen LogP contribution >= 0.6 is 0 Å². The summed E-state index contributed by atoms with van der Waals surface area (Å²) in [7, 11) is 2.90. The van der Waals surface area contributed by atoms with Gasteiger partial charge in [0.15, 0.2) is 11.5 Å². The molecule has 0 bridgehead atoms. The van der Waals surface area contributed by atoms with E-state index in [-0.39, 0.29) is 23.6 Å². The lowest BCUT2D eigenvalue weighted by molar-refractivity contribution is -0.119. The van der Waals surface area contributed by atoms with Gasteiger partial charge in [-0.05, 0) is 36.4 Å². The highest BCUT2D eigenvalue weighted by Crippen LogP contribution is 2.31. The number of para-hydroxylation sites is 1. The molecule has 0 aromatic heterocycles. The average molecular weight is 379 g/mol. The summed E-state index contributed by atoms with van der Waals surface area (Å²) in [6, 6.07) is 11.6. The zero-order valence-electron chi connectivity index (χ0n) is 14.7. The van der Waals surface area contributed by atoms with Gasteiger partial charge in [-0.2, -0.15) is 13.9 Å². The van der Waals surface area contributed by atoms with E-state index < -0.39 is 12.5 Å². The topological polar surface area (TPSA) is 81.2 Å². The highest BCUT2D eigenvalue weighted by molar-refractivity contribution is 5.87. The molecule has 0 radical (unpaired) electrons. The van der Waals surface area contributed by atoms with E-state index in [0.29, 0.717) is 5.75 Å². The average Bonchev–Trinajstić information content (AvgIpc) is 2.67. The number of hydrogen-bond acceptors (Lipinski definition) is 6. The maximum Gasteiger partial charge on any atom is 0.387 e. The molecule has 7 nitrogen and oxygen atoms in total. The summed E-state index contributed by atoms with van der Waals surface area (Å²) in [4.78, 5) is 11.8. The molecule has 0 aliphatic rings. The zero-order valence-corrected chi connectivity index (χ0v) is 14.7. The molecule has 2 N–H and O–H groups in total. The first kappa shape index (κ1) is 20.0. The minimum Gasteiger partial charge on any atom is -0.497 e. The fourth-order valence-electron chi connectivity index (χ4n) is 2.11. The van der Waals surface area contributed by atoms with Gasteiger partial charge >= 0.3 is 6.61 Å². The number of methoxy groups -OCH3 is 2. The third-order valence-corrected chi connectivity index (χ3v) is 3.37. The van der Waals surface area contributed by atoms with Crippen LogP contribution in [0, 0.1) is 0 Å². The Morgan fingerprint density at radius 3 is 2.52 bits per heavy atom. The lowest BCUT2D eigenvalue weighted by Crippen LogP contribution is -2.25. The van der Waals surface area contributed by atoms with Crippen molar-refractivity contribution < 1.29 is 27.8 Å². The fraction of sp³-hybridized carbons (Fsp3) is 0.222. The Morgan fingerprint density at radius 2 is 1.89 bits per heavy atom. The highest BCUT2D eigenvalue weighted by Gasteiger charge is 2.14. The fourth-order valence-corrected chi connectivity index (χ4v) is 2.11. The second-order valence-electron chi connectivity index (χ2n) is 5.13. The van der Waals surface area contributed by atoms with Crippen LogP contribution in [0.3, 0.4) is 0 Å². The predicted octanol–water partition coefficient (Wildman–Crippen LogP) is 2.87. The van der Waals surface area contributed by atoms with Crippen molar-refractivity contribution in [2.75, 3.05) is 26.1 Å². The van der Waals surface area contributed by atoms with Crippen LogP contribution < -0.4 is 25.0 Å². The van der Waals surface area contributed by atoms with Gasteiger partial charge in [-0.15, -0.1) is 0 Å².